The van der Waals surface area contributed by atoms with Crippen molar-refractivity contribution < 1.29 is 4.79 Å². The fourth-order valence-corrected chi connectivity index (χ4v) is 3.92. The summed E-state index contributed by atoms with van der Waals surface area (Å²) in [6.45, 7) is 0.802. The van der Waals surface area contributed by atoms with Gasteiger partial charge in [0.05, 0.1) is 17.7 Å². The number of amides is 1. The van der Waals surface area contributed by atoms with E-state index in [0.717, 1.165) is 34.7 Å². The molecule has 0 aliphatic carbocycles. The number of aromatic nitrogens is 3. The summed E-state index contributed by atoms with van der Waals surface area (Å²) in [5.74, 6) is 0.0251. The monoisotopic (exact) mass is 369 g/mol. The molecule has 0 unspecified atom stereocenters. The Morgan fingerprint density at radius 1 is 1.07 bits per heavy atom. The summed E-state index contributed by atoms with van der Waals surface area (Å²) >= 11 is 0. The van der Waals surface area contributed by atoms with Gasteiger partial charge in [0.2, 0.25) is 5.91 Å². The lowest BCUT2D eigenvalue weighted by Gasteiger charge is -2.32. The molecule has 138 valence electrons. The topological polar surface area (TPSA) is 63.4 Å². The highest BCUT2D eigenvalue weighted by molar-refractivity contribution is 6.14. The molecule has 2 aliphatic rings. The number of hydrogen-bond donors (Lipinski definition) is 0. The second-order valence-corrected chi connectivity index (χ2v) is 7.02. The summed E-state index contributed by atoms with van der Waals surface area (Å²) < 4.78 is 1.89. The summed E-state index contributed by atoms with van der Waals surface area (Å²) in [5.41, 5.74) is 7.10. The predicted molar refractivity (Wildman–Crippen MR) is 108 cm³/mol. The second-order valence-electron chi connectivity index (χ2n) is 7.02. The van der Waals surface area contributed by atoms with Crippen LogP contribution in [0.15, 0.2) is 66.3 Å². The third kappa shape index (κ3) is 2.74. The van der Waals surface area contributed by atoms with Crippen LogP contribution in [0, 0.1) is 0 Å². The highest BCUT2D eigenvalue weighted by atomic mass is 16.2. The van der Waals surface area contributed by atoms with Gasteiger partial charge in [-0.05, 0) is 41.3 Å². The summed E-state index contributed by atoms with van der Waals surface area (Å²) in [6, 6.07) is 10.3. The van der Waals surface area contributed by atoms with Crippen LogP contribution in [0.3, 0.4) is 0 Å². The lowest BCUT2D eigenvalue weighted by atomic mass is 9.88. The number of aryl methyl sites for hydroxylation is 1. The maximum Gasteiger partial charge on any atom is 0.248 e. The molecule has 28 heavy (non-hydrogen) atoms. The predicted octanol–water partition coefficient (Wildman–Crippen LogP) is 2.71. The minimum atomic E-state index is 0.0251. The summed E-state index contributed by atoms with van der Waals surface area (Å²) in [6.07, 6.45) is 10.1. The first-order chi connectivity index (χ1) is 13.7. The highest BCUT2D eigenvalue weighted by Crippen LogP contribution is 2.36. The van der Waals surface area contributed by atoms with E-state index in [9.17, 15) is 4.79 Å². The molecule has 0 spiro atoms. The van der Waals surface area contributed by atoms with Crippen LogP contribution in [0.2, 0.25) is 0 Å². The van der Waals surface area contributed by atoms with Crippen molar-refractivity contribution in [2.75, 3.05) is 13.1 Å². The number of carbonyl (C=O) groups excluding carboxylic acids is 1. The average molecular weight is 369 g/mol. The van der Waals surface area contributed by atoms with E-state index in [1.54, 1.807) is 6.33 Å². The Labute approximate surface area is 162 Å². The molecule has 0 saturated heterocycles. The normalized spacial score (nSPS) is 16.0. The van der Waals surface area contributed by atoms with Crippen LogP contribution in [0.1, 0.15) is 16.8 Å². The Balaban J connectivity index is 1.67. The van der Waals surface area contributed by atoms with Crippen molar-refractivity contribution in [1.29, 1.82) is 0 Å². The quantitative estimate of drug-likeness (QED) is 0.698. The Kier molecular flexibility index (Phi) is 3.90. The number of hydrogen-bond acceptors (Lipinski definition) is 4. The van der Waals surface area contributed by atoms with Crippen molar-refractivity contribution in [2.24, 2.45) is 12.0 Å². The number of pyridine rings is 1. The average Bonchev–Trinajstić information content (AvgIpc) is 3.09. The van der Waals surface area contributed by atoms with Gasteiger partial charge < -0.3 is 9.47 Å². The van der Waals surface area contributed by atoms with E-state index < -0.39 is 0 Å². The van der Waals surface area contributed by atoms with Gasteiger partial charge in [0.25, 0.3) is 0 Å². The smallest absolute Gasteiger partial charge is 0.248 e. The van der Waals surface area contributed by atoms with E-state index >= 15 is 0 Å². The molecule has 1 amide bonds. The molecule has 6 heteroatoms. The maximum absolute atomic E-state index is 12.7. The molecule has 0 atom stereocenters. The molecule has 3 aromatic rings. The van der Waals surface area contributed by atoms with Crippen LogP contribution < -0.4 is 0 Å². The molecule has 5 rings (SSSR count). The number of benzene rings is 1. The Morgan fingerprint density at radius 2 is 1.89 bits per heavy atom. The van der Waals surface area contributed by atoms with E-state index in [1.807, 2.05) is 59.4 Å². The van der Waals surface area contributed by atoms with Gasteiger partial charge in [0, 0.05) is 37.7 Å². The van der Waals surface area contributed by atoms with Gasteiger partial charge in [-0.3, -0.25) is 14.8 Å². The van der Waals surface area contributed by atoms with Crippen molar-refractivity contribution in [3.8, 4) is 11.1 Å². The van der Waals surface area contributed by atoms with Crippen LogP contribution in [0.4, 0.5) is 0 Å². The van der Waals surface area contributed by atoms with Crippen LogP contribution in [0.5, 0.6) is 0 Å². The minimum Gasteiger partial charge on any atom is -0.340 e. The molecule has 1 aromatic carbocycles. The SMILES string of the molecule is Cn1cnc(C2=NCC(=O)N3CCc4c(cccc4-c4ccncc4)C3=C2)c1. The fourth-order valence-electron chi connectivity index (χ4n) is 3.92. The van der Waals surface area contributed by atoms with Gasteiger partial charge in [-0.2, -0.15) is 0 Å². The first kappa shape index (κ1) is 16.6. The molecular formula is C22H19N5O. The van der Waals surface area contributed by atoms with E-state index in [4.69, 9.17) is 0 Å². The molecule has 0 N–H and O–H groups in total. The first-order valence-electron chi connectivity index (χ1n) is 9.28. The number of carbonyl (C=O) groups is 1. The number of rotatable bonds is 2. The number of aliphatic imine (C=N–C) groups is 1. The molecule has 6 nitrogen and oxygen atoms in total. The van der Waals surface area contributed by atoms with E-state index in [2.05, 4.69) is 27.1 Å². The zero-order chi connectivity index (χ0) is 19.1. The largest absolute Gasteiger partial charge is 0.340 e. The number of allylic oxidation sites excluding steroid dienone is 1. The summed E-state index contributed by atoms with van der Waals surface area (Å²) in [5, 5.41) is 0. The Morgan fingerprint density at radius 3 is 2.68 bits per heavy atom. The molecule has 0 bridgehead atoms. The lowest BCUT2D eigenvalue weighted by molar-refractivity contribution is -0.126. The van der Waals surface area contributed by atoms with Crippen molar-refractivity contribution >= 4 is 17.3 Å². The van der Waals surface area contributed by atoms with Crippen molar-refractivity contribution in [3.63, 3.8) is 0 Å². The van der Waals surface area contributed by atoms with Gasteiger partial charge in [0.15, 0.2) is 0 Å². The second kappa shape index (κ2) is 6.56. The maximum atomic E-state index is 12.7. The number of fused-ring (bicyclic) bond motifs is 3. The Bertz CT molecular complexity index is 1130. The van der Waals surface area contributed by atoms with E-state index in [-0.39, 0.29) is 12.5 Å². The zero-order valence-corrected chi connectivity index (χ0v) is 15.5. The summed E-state index contributed by atoms with van der Waals surface area (Å²) in [7, 11) is 1.93. The van der Waals surface area contributed by atoms with Crippen LogP contribution in [-0.2, 0) is 18.3 Å². The van der Waals surface area contributed by atoms with Crippen molar-refractivity contribution in [3.05, 3.63) is 78.1 Å². The molecule has 2 aromatic heterocycles. The van der Waals surface area contributed by atoms with Crippen LogP contribution >= 0.6 is 0 Å². The standard InChI is InChI=1S/C22H19N5O/c1-26-13-20(25-14-26)19-11-21-18-4-2-3-16(15-5-8-23-9-6-15)17(18)7-10-27(21)22(28)12-24-19/h2-6,8-9,11,13-14H,7,10,12H2,1H3. The first-order valence-corrected chi connectivity index (χ1v) is 9.28. The van der Waals surface area contributed by atoms with Crippen LogP contribution in [-0.4, -0.2) is 44.1 Å². The van der Waals surface area contributed by atoms with Crippen LogP contribution in [0.25, 0.3) is 16.8 Å². The van der Waals surface area contributed by atoms with Gasteiger partial charge in [-0.25, -0.2) is 4.98 Å². The molecule has 2 aliphatic heterocycles. The third-order valence-electron chi connectivity index (χ3n) is 5.25. The highest BCUT2D eigenvalue weighted by Gasteiger charge is 2.29. The van der Waals surface area contributed by atoms with Gasteiger partial charge in [0.1, 0.15) is 12.2 Å². The summed E-state index contributed by atoms with van der Waals surface area (Å²) in [4.78, 5) is 27.7. The Hall–Kier alpha value is -3.54. The fraction of sp³-hybridized carbons (Fsp3) is 0.182. The van der Waals surface area contributed by atoms with Gasteiger partial charge in [-0.1, -0.05) is 18.2 Å². The number of imidazole rings is 1. The lowest BCUT2D eigenvalue weighted by Crippen LogP contribution is -2.36. The number of nitrogens with zero attached hydrogens (tertiary/aromatic N) is 5. The van der Waals surface area contributed by atoms with E-state index in [0.29, 0.717) is 6.54 Å². The molecule has 0 fully saturated rings. The van der Waals surface area contributed by atoms with Crippen molar-refractivity contribution in [1.82, 2.24) is 19.4 Å². The van der Waals surface area contributed by atoms with Gasteiger partial charge in [-0.15, -0.1) is 0 Å². The molecular weight excluding hydrogens is 350 g/mol. The van der Waals surface area contributed by atoms with Crippen molar-refractivity contribution in [2.45, 2.75) is 6.42 Å². The molecule has 4 heterocycles. The van der Waals surface area contributed by atoms with E-state index in [1.165, 1.54) is 11.1 Å². The third-order valence-corrected chi connectivity index (χ3v) is 5.25. The minimum absolute atomic E-state index is 0.0251. The van der Waals surface area contributed by atoms with Gasteiger partial charge >= 0.3 is 0 Å². The zero-order valence-electron chi connectivity index (χ0n) is 15.5. The molecule has 0 radical (unpaired) electrons. The molecule has 0 saturated carbocycles.